The number of nitrogens with one attached hydrogen (secondary N) is 1. The predicted octanol–water partition coefficient (Wildman–Crippen LogP) is 3.24. The van der Waals surface area contributed by atoms with Crippen LogP contribution in [0.4, 0.5) is 11.4 Å². The zero-order chi connectivity index (χ0) is 13.1. The number of benzene rings is 1. The number of nitrogens with zero attached hydrogens (tertiary/aromatic N) is 1. The Morgan fingerprint density at radius 3 is 2.72 bits per heavy atom. The van der Waals surface area contributed by atoms with E-state index < -0.39 is 0 Å². The molecule has 1 N–H and O–H groups in total. The van der Waals surface area contributed by atoms with Crippen molar-refractivity contribution in [3.8, 4) is 0 Å². The quantitative estimate of drug-likeness (QED) is 0.857. The molecule has 0 radical (unpaired) electrons. The van der Waals surface area contributed by atoms with Crippen molar-refractivity contribution in [3.63, 3.8) is 0 Å². The summed E-state index contributed by atoms with van der Waals surface area (Å²) in [5.41, 5.74) is 2.13. The van der Waals surface area contributed by atoms with Gasteiger partial charge in [-0.15, -0.1) is 0 Å². The Bertz CT molecular complexity index is 405. The highest BCUT2D eigenvalue weighted by molar-refractivity contribution is 6.34. The van der Waals surface area contributed by atoms with Gasteiger partial charge < -0.3 is 15.0 Å². The third-order valence-corrected chi connectivity index (χ3v) is 3.62. The van der Waals surface area contributed by atoms with E-state index in [1.165, 1.54) is 12.8 Å². The highest BCUT2D eigenvalue weighted by Gasteiger charge is 2.31. The zero-order valence-corrected chi connectivity index (χ0v) is 12.0. The average molecular weight is 269 g/mol. The monoisotopic (exact) mass is 268 g/mol. The van der Waals surface area contributed by atoms with E-state index in [-0.39, 0.29) is 0 Å². The number of anilines is 2. The third kappa shape index (κ3) is 3.09. The predicted molar refractivity (Wildman–Crippen MR) is 77.8 cm³/mol. The van der Waals surface area contributed by atoms with Crippen LogP contribution in [0.15, 0.2) is 18.2 Å². The molecule has 0 aromatic heterocycles. The second-order valence-corrected chi connectivity index (χ2v) is 5.48. The van der Waals surface area contributed by atoms with Crippen molar-refractivity contribution in [2.75, 3.05) is 38.0 Å². The first-order valence-electron chi connectivity index (χ1n) is 6.34. The van der Waals surface area contributed by atoms with Crippen LogP contribution in [0.25, 0.3) is 0 Å². The maximum absolute atomic E-state index is 6.27. The van der Waals surface area contributed by atoms with Crippen LogP contribution in [0.2, 0.25) is 5.02 Å². The highest BCUT2D eigenvalue weighted by Crippen LogP contribution is 2.38. The summed E-state index contributed by atoms with van der Waals surface area (Å²) in [7, 11) is 5.77. The van der Waals surface area contributed by atoms with Gasteiger partial charge in [0, 0.05) is 21.2 Å². The molecule has 1 aromatic rings. The molecule has 100 valence electrons. The number of rotatable bonds is 6. The van der Waals surface area contributed by atoms with Crippen molar-refractivity contribution in [1.29, 1.82) is 0 Å². The lowest BCUT2D eigenvalue weighted by atomic mass is 10.1. The van der Waals surface area contributed by atoms with Crippen LogP contribution in [-0.2, 0) is 4.74 Å². The molecule has 1 unspecified atom stereocenters. The minimum absolute atomic E-state index is 0.382. The van der Waals surface area contributed by atoms with Gasteiger partial charge in [0.25, 0.3) is 0 Å². The first kappa shape index (κ1) is 13.5. The summed E-state index contributed by atoms with van der Waals surface area (Å²) in [5, 5.41) is 4.36. The average Bonchev–Trinajstić information content (AvgIpc) is 3.11. The Morgan fingerprint density at radius 1 is 1.44 bits per heavy atom. The van der Waals surface area contributed by atoms with Crippen LogP contribution in [0.1, 0.15) is 12.8 Å². The van der Waals surface area contributed by atoms with E-state index in [0.29, 0.717) is 6.04 Å². The lowest BCUT2D eigenvalue weighted by molar-refractivity contribution is 0.179. The summed E-state index contributed by atoms with van der Waals surface area (Å²) >= 11 is 6.27. The number of hydrogen-bond acceptors (Lipinski definition) is 3. The van der Waals surface area contributed by atoms with E-state index in [0.717, 1.165) is 28.9 Å². The highest BCUT2D eigenvalue weighted by atomic mass is 35.5. The van der Waals surface area contributed by atoms with E-state index in [1.54, 1.807) is 7.11 Å². The van der Waals surface area contributed by atoms with Gasteiger partial charge in [-0.25, -0.2) is 0 Å². The summed E-state index contributed by atoms with van der Waals surface area (Å²) in [6.07, 6.45) is 2.58. The zero-order valence-electron chi connectivity index (χ0n) is 11.2. The molecule has 4 heteroatoms. The second-order valence-electron chi connectivity index (χ2n) is 5.07. The van der Waals surface area contributed by atoms with Crippen LogP contribution in [0.5, 0.6) is 0 Å². The maximum Gasteiger partial charge on any atom is 0.0786 e. The van der Waals surface area contributed by atoms with E-state index in [1.807, 2.05) is 31.1 Å². The fourth-order valence-corrected chi connectivity index (χ4v) is 2.60. The van der Waals surface area contributed by atoms with Crippen LogP contribution < -0.4 is 10.2 Å². The largest absolute Gasteiger partial charge is 0.383 e. The van der Waals surface area contributed by atoms with Crippen molar-refractivity contribution < 1.29 is 4.74 Å². The second kappa shape index (κ2) is 5.81. The molecule has 1 saturated carbocycles. The lowest BCUT2D eigenvalue weighted by Crippen LogP contribution is -2.28. The molecule has 0 aliphatic heterocycles. The van der Waals surface area contributed by atoms with Crippen LogP contribution >= 0.6 is 11.6 Å². The van der Waals surface area contributed by atoms with Gasteiger partial charge >= 0.3 is 0 Å². The molecule has 1 aliphatic rings. The van der Waals surface area contributed by atoms with Crippen molar-refractivity contribution in [1.82, 2.24) is 0 Å². The Kier molecular flexibility index (Phi) is 4.36. The van der Waals surface area contributed by atoms with Crippen LogP contribution in [-0.4, -0.2) is 33.9 Å². The molecule has 0 bridgehead atoms. The van der Waals surface area contributed by atoms with Gasteiger partial charge in [-0.3, -0.25) is 0 Å². The van der Waals surface area contributed by atoms with E-state index >= 15 is 0 Å². The molecule has 0 saturated heterocycles. The first-order chi connectivity index (χ1) is 8.63. The molecule has 0 spiro atoms. The van der Waals surface area contributed by atoms with Gasteiger partial charge in [0.2, 0.25) is 0 Å². The fraction of sp³-hybridized carbons (Fsp3) is 0.571. The Morgan fingerprint density at radius 2 is 2.17 bits per heavy atom. The number of ether oxygens (including phenoxy) is 1. The number of para-hydroxylation sites is 1. The summed E-state index contributed by atoms with van der Waals surface area (Å²) in [6, 6.07) is 6.36. The molecule has 2 rings (SSSR count). The molecular formula is C14H21ClN2O. The molecule has 1 atom stereocenters. The van der Waals surface area contributed by atoms with E-state index in [9.17, 15) is 0 Å². The van der Waals surface area contributed by atoms with Crippen molar-refractivity contribution in [3.05, 3.63) is 23.2 Å². The van der Waals surface area contributed by atoms with Crippen LogP contribution in [0.3, 0.4) is 0 Å². The summed E-state index contributed by atoms with van der Waals surface area (Å²) in [6.45, 7) is 0.740. The standard InChI is InChI=1S/C14H21ClN2O/c1-17(2)14-11(15)5-4-6-12(14)16-13(9-18-3)10-7-8-10/h4-6,10,13,16H,7-9H2,1-3H3. The normalized spacial score (nSPS) is 16.4. The van der Waals surface area contributed by atoms with Crippen molar-refractivity contribution in [2.45, 2.75) is 18.9 Å². The van der Waals surface area contributed by atoms with Crippen molar-refractivity contribution in [2.24, 2.45) is 5.92 Å². The molecule has 0 heterocycles. The van der Waals surface area contributed by atoms with Gasteiger partial charge in [0.05, 0.1) is 29.0 Å². The Hall–Kier alpha value is -0.930. The van der Waals surface area contributed by atoms with Gasteiger partial charge in [-0.1, -0.05) is 17.7 Å². The van der Waals surface area contributed by atoms with Gasteiger partial charge in [-0.05, 0) is 30.9 Å². The van der Waals surface area contributed by atoms with Gasteiger partial charge in [0.1, 0.15) is 0 Å². The molecule has 0 amide bonds. The topological polar surface area (TPSA) is 24.5 Å². The summed E-state index contributed by atoms with van der Waals surface area (Å²) < 4.78 is 5.30. The number of halogens is 1. The minimum Gasteiger partial charge on any atom is -0.383 e. The van der Waals surface area contributed by atoms with Gasteiger partial charge in [-0.2, -0.15) is 0 Å². The molecule has 1 fully saturated rings. The van der Waals surface area contributed by atoms with E-state index in [4.69, 9.17) is 16.3 Å². The SMILES string of the molecule is COCC(Nc1cccc(Cl)c1N(C)C)C1CC1. The fourth-order valence-electron chi connectivity index (χ4n) is 2.26. The molecule has 1 aromatic carbocycles. The van der Waals surface area contributed by atoms with Crippen LogP contribution in [0, 0.1) is 5.92 Å². The Labute approximate surface area is 114 Å². The van der Waals surface area contributed by atoms with Gasteiger partial charge in [0.15, 0.2) is 0 Å². The lowest BCUT2D eigenvalue weighted by Gasteiger charge is -2.24. The molecule has 18 heavy (non-hydrogen) atoms. The smallest absolute Gasteiger partial charge is 0.0786 e. The molecular weight excluding hydrogens is 248 g/mol. The van der Waals surface area contributed by atoms with E-state index in [2.05, 4.69) is 11.4 Å². The Balaban J connectivity index is 2.18. The first-order valence-corrected chi connectivity index (χ1v) is 6.72. The number of methoxy groups -OCH3 is 1. The molecule has 1 aliphatic carbocycles. The summed E-state index contributed by atoms with van der Waals surface area (Å²) in [4.78, 5) is 2.04. The minimum atomic E-state index is 0.382. The summed E-state index contributed by atoms with van der Waals surface area (Å²) in [5.74, 6) is 0.735. The maximum atomic E-state index is 6.27. The third-order valence-electron chi connectivity index (χ3n) is 3.31. The van der Waals surface area contributed by atoms with Crippen molar-refractivity contribution >= 4 is 23.0 Å². The molecule has 3 nitrogen and oxygen atoms in total. The number of hydrogen-bond donors (Lipinski definition) is 1.